The van der Waals surface area contributed by atoms with Gasteiger partial charge >= 0.3 is 0 Å². The Morgan fingerprint density at radius 3 is 2.67 bits per heavy atom. The van der Waals surface area contributed by atoms with Crippen LogP contribution in [0.4, 0.5) is 11.6 Å². The lowest BCUT2D eigenvalue weighted by atomic mass is 10.2. The summed E-state index contributed by atoms with van der Waals surface area (Å²) in [4.78, 5) is 11.9. The molecule has 118 valence electrons. The molecule has 1 aromatic heterocycles. The number of nitrogens with one attached hydrogen (secondary N) is 1. The van der Waals surface area contributed by atoms with Crippen molar-refractivity contribution in [1.82, 2.24) is 9.97 Å². The minimum absolute atomic E-state index is 0.493. The zero-order valence-corrected chi connectivity index (χ0v) is 14.8. The third-order valence-corrected chi connectivity index (χ3v) is 4.80. The minimum atomic E-state index is 0.493. The number of nitrogens with zero attached hydrogens (tertiary/aromatic N) is 3. The second-order valence-electron chi connectivity index (χ2n) is 5.93. The van der Waals surface area contributed by atoms with Crippen LogP contribution in [0.1, 0.15) is 50.4 Å². The number of anilines is 2. The molecule has 0 aliphatic heterocycles. The van der Waals surface area contributed by atoms with Gasteiger partial charge in [-0.25, -0.2) is 9.97 Å². The maximum absolute atomic E-state index is 4.87. The van der Waals surface area contributed by atoms with Gasteiger partial charge in [0.2, 0.25) is 0 Å². The molecule has 1 aromatic rings. The molecule has 0 saturated heterocycles. The van der Waals surface area contributed by atoms with Gasteiger partial charge in [0, 0.05) is 31.1 Å². The quantitative estimate of drug-likeness (QED) is 0.793. The largest absolute Gasteiger partial charge is 0.370 e. The van der Waals surface area contributed by atoms with Gasteiger partial charge in [0.25, 0.3) is 0 Å². The van der Waals surface area contributed by atoms with Crippen LogP contribution < -0.4 is 10.2 Å². The molecule has 0 spiro atoms. The van der Waals surface area contributed by atoms with Crippen molar-refractivity contribution in [2.75, 3.05) is 35.8 Å². The summed E-state index contributed by atoms with van der Waals surface area (Å²) in [5.41, 5.74) is 1.17. The van der Waals surface area contributed by atoms with Crippen molar-refractivity contribution >= 4 is 23.4 Å². The highest BCUT2D eigenvalue weighted by molar-refractivity contribution is 7.98. The first-order valence-electron chi connectivity index (χ1n) is 7.92. The summed E-state index contributed by atoms with van der Waals surface area (Å²) >= 11 is 1.90. The van der Waals surface area contributed by atoms with Crippen LogP contribution in [0.2, 0.25) is 0 Å². The van der Waals surface area contributed by atoms with Gasteiger partial charge < -0.3 is 10.2 Å². The summed E-state index contributed by atoms with van der Waals surface area (Å²) in [6, 6.07) is 0.493. The van der Waals surface area contributed by atoms with E-state index in [1.807, 2.05) is 11.8 Å². The van der Waals surface area contributed by atoms with Crippen molar-refractivity contribution in [1.29, 1.82) is 0 Å². The van der Waals surface area contributed by atoms with E-state index in [0.29, 0.717) is 12.0 Å². The lowest BCUT2D eigenvalue weighted by molar-refractivity contribution is 0.657. The second kappa shape index (κ2) is 7.34. The van der Waals surface area contributed by atoms with Crippen LogP contribution in [0.5, 0.6) is 0 Å². The van der Waals surface area contributed by atoms with E-state index in [1.54, 1.807) is 0 Å². The molecule has 1 fully saturated rings. The second-order valence-corrected chi connectivity index (χ2v) is 6.91. The topological polar surface area (TPSA) is 41.1 Å². The zero-order chi connectivity index (χ0) is 15.4. The van der Waals surface area contributed by atoms with Crippen LogP contribution in [-0.4, -0.2) is 41.6 Å². The molecule has 0 amide bonds. The van der Waals surface area contributed by atoms with Gasteiger partial charge in [0.05, 0.1) is 0 Å². The van der Waals surface area contributed by atoms with Gasteiger partial charge in [-0.05, 0) is 52.0 Å². The summed E-state index contributed by atoms with van der Waals surface area (Å²) < 4.78 is 0. The Balaban J connectivity index is 2.27. The Labute approximate surface area is 133 Å². The van der Waals surface area contributed by atoms with Gasteiger partial charge in [-0.15, -0.1) is 0 Å². The molecule has 0 bridgehead atoms. The third kappa shape index (κ3) is 4.02. The van der Waals surface area contributed by atoms with E-state index in [2.05, 4.69) is 44.3 Å². The minimum Gasteiger partial charge on any atom is -0.370 e. The van der Waals surface area contributed by atoms with E-state index in [0.717, 1.165) is 24.0 Å². The van der Waals surface area contributed by atoms with E-state index < -0.39 is 0 Å². The smallest absolute Gasteiger partial charge is 0.137 e. The molecule has 1 atom stereocenters. The SMILES string of the molecule is CCNc1nc(C2CC2)nc(N(C)C(C)CCSC)c1C. The summed E-state index contributed by atoms with van der Waals surface area (Å²) in [6.45, 7) is 7.42. The van der Waals surface area contributed by atoms with Gasteiger partial charge in [0.1, 0.15) is 17.5 Å². The van der Waals surface area contributed by atoms with E-state index in [-0.39, 0.29) is 0 Å². The van der Waals surface area contributed by atoms with Gasteiger partial charge in [-0.1, -0.05) is 0 Å². The number of rotatable bonds is 8. The molecule has 21 heavy (non-hydrogen) atoms. The van der Waals surface area contributed by atoms with Crippen LogP contribution in [0.25, 0.3) is 0 Å². The molecule has 1 unspecified atom stereocenters. The lowest BCUT2D eigenvalue weighted by Crippen LogP contribution is -2.31. The Hall–Kier alpha value is -0.970. The summed E-state index contributed by atoms with van der Waals surface area (Å²) in [6.07, 6.45) is 5.81. The molecular formula is C16H28N4S. The van der Waals surface area contributed by atoms with E-state index in [9.17, 15) is 0 Å². The van der Waals surface area contributed by atoms with Gasteiger partial charge in [0.15, 0.2) is 0 Å². The summed E-state index contributed by atoms with van der Waals surface area (Å²) in [5, 5.41) is 3.39. The highest BCUT2D eigenvalue weighted by Crippen LogP contribution is 2.40. The molecule has 2 rings (SSSR count). The molecule has 1 aliphatic carbocycles. The average molecular weight is 308 g/mol. The van der Waals surface area contributed by atoms with Crippen LogP contribution in [0.15, 0.2) is 0 Å². The molecule has 1 saturated carbocycles. The molecule has 0 aromatic carbocycles. The Bertz CT molecular complexity index is 474. The number of aromatic nitrogens is 2. The van der Waals surface area contributed by atoms with Crippen LogP contribution in [0, 0.1) is 6.92 Å². The average Bonchev–Trinajstić information content (AvgIpc) is 3.31. The number of thioether (sulfide) groups is 1. The van der Waals surface area contributed by atoms with Crippen molar-refractivity contribution in [3.63, 3.8) is 0 Å². The van der Waals surface area contributed by atoms with Crippen molar-refractivity contribution < 1.29 is 0 Å². The first-order chi connectivity index (χ1) is 10.1. The summed E-state index contributed by atoms with van der Waals surface area (Å²) in [5.74, 6) is 4.89. The Kier molecular flexibility index (Phi) is 5.73. The zero-order valence-electron chi connectivity index (χ0n) is 13.9. The van der Waals surface area contributed by atoms with Gasteiger partial charge in [-0.2, -0.15) is 11.8 Å². The standard InChI is InChI=1S/C16H28N4S/c1-6-17-14-12(3)16(19-15(18-14)13-7-8-13)20(4)11(2)9-10-21-5/h11,13H,6-10H2,1-5H3,(H,17,18,19). The Morgan fingerprint density at radius 2 is 2.10 bits per heavy atom. The number of hydrogen-bond donors (Lipinski definition) is 1. The number of hydrogen-bond acceptors (Lipinski definition) is 5. The van der Waals surface area contributed by atoms with Crippen LogP contribution >= 0.6 is 11.8 Å². The van der Waals surface area contributed by atoms with Crippen LogP contribution in [-0.2, 0) is 0 Å². The predicted molar refractivity (Wildman–Crippen MR) is 93.8 cm³/mol. The van der Waals surface area contributed by atoms with Crippen molar-refractivity contribution in [3.05, 3.63) is 11.4 Å². The monoisotopic (exact) mass is 308 g/mol. The lowest BCUT2D eigenvalue weighted by Gasteiger charge is -2.28. The molecule has 1 N–H and O–H groups in total. The van der Waals surface area contributed by atoms with E-state index >= 15 is 0 Å². The van der Waals surface area contributed by atoms with Crippen LogP contribution in [0.3, 0.4) is 0 Å². The Morgan fingerprint density at radius 1 is 1.38 bits per heavy atom. The van der Waals surface area contributed by atoms with Crippen molar-refractivity contribution in [2.45, 2.75) is 52.0 Å². The van der Waals surface area contributed by atoms with Crippen molar-refractivity contribution in [2.24, 2.45) is 0 Å². The first-order valence-corrected chi connectivity index (χ1v) is 9.32. The summed E-state index contributed by atoms with van der Waals surface area (Å²) in [7, 11) is 2.16. The molecule has 1 aliphatic rings. The van der Waals surface area contributed by atoms with E-state index in [4.69, 9.17) is 9.97 Å². The molecule has 1 heterocycles. The molecule has 4 nitrogen and oxygen atoms in total. The molecular weight excluding hydrogens is 280 g/mol. The molecule has 0 radical (unpaired) electrons. The highest BCUT2D eigenvalue weighted by Gasteiger charge is 2.29. The fraction of sp³-hybridized carbons (Fsp3) is 0.750. The normalized spacial score (nSPS) is 15.9. The fourth-order valence-corrected chi connectivity index (χ4v) is 3.00. The maximum atomic E-state index is 4.87. The maximum Gasteiger partial charge on any atom is 0.137 e. The third-order valence-electron chi connectivity index (χ3n) is 4.16. The highest BCUT2D eigenvalue weighted by atomic mass is 32.2. The van der Waals surface area contributed by atoms with Gasteiger partial charge in [-0.3, -0.25) is 0 Å². The van der Waals surface area contributed by atoms with Crippen molar-refractivity contribution in [3.8, 4) is 0 Å². The molecule has 5 heteroatoms. The fourth-order valence-electron chi connectivity index (χ4n) is 2.42. The van der Waals surface area contributed by atoms with E-state index in [1.165, 1.54) is 30.6 Å². The first kappa shape index (κ1) is 16.4. The predicted octanol–water partition coefficient (Wildman–Crippen LogP) is 3.67.